The van der Waals surface area contributed by atoms with Gasteiger partial charge in [0.05, 0.1) is 0 Å². The molecular weight excluding hydrogens is 208 g/mol. The van der Waals surface area contributed by atoms with Gasteiger partial charge in [-0.15, -0.1) is 6.58 Å². The van der Waals surface area contributed by atoms with Crippen LogP contribution in [0.1, 0.15) is 25.3 Å². The number of anilines is 1. The van der Waals surface area contributed by atoms with Crippen LogP contribution in [0.2, 0.25) is 0 Å². The summed E-state index contributed by atoms with van der Waals surface area (Å²) in [6, 6.07) is 9.12. The predicted molar refractivity (Wildman–Crippen MR) is 76.3 cm³/mol. The first-order valence-electron chi connectivity index (χ1n) is 6.23. The second kappa shape index (κ2) is 7.13. The van der Waals surface area contributed by atoms with Gasteiger partial charge >= 0.3 is 0 Å². The Morgan fingerprint density at radius 1 is 1.41 bits per heavy atom. The highest BCUT2D eigenvalue weighted by molar-refractivity contribution is 5.46. The second-order valence-electron chi connectivity index (χ2n) is 4.85. The van der Waals surface area contributed by atoms with Gasteiger partial charge in [0.1, 0.15) is 0 Å². The molecule has 2 heteroatoms. The maximum Gasteiger partial charge on any atom is 0.0345 e. The largest absolute Gasteiger partial charge is 0.383 e. The Morgan fingerprint density at radius 2 is 2.18 bits per heavy atom. The van der Waals surface area contributed by atoms with Gasteiger partial charge in [-0.2, -0.15) is 0 Å². The molecule has 0 amide bonds. The van der Waals surface area contributed by atoms with E-state index in [1.54, 1.807) is 0 Å². The summed E-state index contributed by atoms with van der Waals surface area (Å²) in [6.45, 7) is 6.95. The van der Waals surface area contributed by atoms with E-state index in [1.165, 1.54) is 11.3 Å². The highest BCUT2D eigenvalue weighted by Gasteiger charge is 2.02. The maximum atomic E-state index is 3.75. The number of nitrogens with one attached hydrogen (secondary N) is 1. The Balaban J connectivity index is 2.55. The van der Waals surface area contributed by atoms with E-state index in [0.717, 1.165) is 19.4 Å². The summed E-state index contributed by atoms with van der Waals surface area (Å²) in [4.78, 5) is 2.18. The zero-order chi connectivity index (χ0) is 12.7. The average molecular weight is 232 g/mol. The fraction of sp³-hybridized carbons (Fsp3) is 0.467. The van der Waals surface area contributed by atoms with E-state index < -0.39 is 0 Å². The summed E-state index contributed by atoms with van der Waals surface area (Å²) in [6.07, 6.45) is 4.16. The first-order chi connectivity index (χ1) is 8.11. The van der Waals surface area contributed by atoms with E-state index in [2.05, 4.69) is 62.1 Å². The minimum Gasteiger partial charge on any atom is -0.383 e. The normalized spacial score (nSPS) is 12.5. The molecule has 0 aliphatic rings. The highest BCUT2D eigenvalue weighted by atomic mass is 15.0. The Morgan fingerprint density at radius 3 is 2.82 bits per heavy atom. The molecule has 1 rings (SSSR count). The minimum atomic E-state index is 0.489. The Bertz CT molecular complexity index is 345. The second-order valence-corrected chi connectivity index (χ2v) is 4.85. The van der Waals surface area contributed by atoms with Crippen LogP contribution in [-0.2, 0) is 6.54 Å². The van der Waals surface area contributed by atoms with Crippen molar-refractivity contribution in [3.05, 3.63) is 42.5 Å². The molecule has 1 atom stereocenters. The molecule has 1 aromatic carbocycles. The van der Waals surface area contributed by atoms with E-state index in [9.17, 15) is 0 Å². The zero-order valence-electron chi connectivity index (χ0n) is 11.2. The molecule has 94 valence electrons. The molecule has 0 saturated carbocycles. The van der Waals surface area contributed by atoms with Gasteiger partial charge < -0.3 is 10.2 Å². The fourth-order valence-corrected chi connectivity index (χ4v) is 1.85. The minimum absolute atomic E-state index is 0.489. The molecule has 0 heterocycles. The Labute approximate surface area is 105 Å². The smallest absolute Gasteiger partial charge is 0.0345 e. The molecule has 1 aromatic rings. The van der Waals surface area contributed by atoms with Gasteiger partial charge in [0, 0.05) is 18.3 Å². The molecule has 1 N–H and O–H groups in total. The number of allylic oxidation sites excluding steroid dienone is 1. The molecule has 0 fully saturated rings. The van der Waals surface area contributed by atoms with E-state index >= 15 is 0 Å². The quantitative estimate of drug-likeness (QED) is 0.724. The van der Waals surface area contributed by atoms with Crippen molar-refractivity contribution in [3.63, 3.8) is 0 Å². The van der Waals surface area contributed by atoms with Crippen LogP contribution in [0.15, 0.2) is 36.9 Å². The van der Waals surface area contributed by atoms with Gasteiger partial charge in [-0.1, -0.05) is 18.2 Å². The summed E-state index contributed by atoms with van der Waals surface area (Å²) < 4.78 is 0. The van der Waals surface area contributed by atoms with Crippen LogP contribution >= 0.6 is 0 Å². The van der Waals surface area contributed by atoms with Crippen molar-refractivity contribution in [2.75, 3.05) is 19.4 Å². The van der Waals surface area contributed by atoms with Crippen LogP contribution in [0.5, 0.6) is 0 Å². The van der Waals surface area contributed by atoms with Gasteiger partial charge in [0.2, 0.25) is 0 Å². The lowest BCUT2D eigenvalue weighted by Crippen LogP contribution is -2.15. The van der Waals surface area contributed by atoms with Crippen LogP contribution in [0.4, 0.5) is 5.69 Å². The van der Waals surface area contributed by atoms with Crippen LogP contribution in [0.25, 0.3) is 0 Å². The van der Waals surface area contributed by atoms with E-state index in [-0.39, 0.29) is 0 Å². The number of benzene rings is 1. The van der Waals surface area contributed by atoms with Crippen LogP contribution in [0.3, 0.4) is 0 Å². The van der Waals surface area contributed by atoms with Gasteiger partial charge in [0.15, 0.2) is 0 Å². The Hall–Kier alpha value is -1.28. The van der Waals surface area contributed by atoms with Crippen molar-refractivity contribution in [2.45, 2.75) is 32.4 Å². The summed E-state index contributed by atoms with van der Waals surface area (Å²) in [5, 5.41) is 3.52. The molecule has 1 unspecified atom stereocenters. The first kappa shape index (κ1) is 13.8. The van der Waals surface area contributed by atoms with E-state index in [0.29, 0.717) is 6.04 Å². The molecule has 17 heavy (non-hydrogen) atoms. The molecule has 0 saturated heterocycles. The SMILES string of the molecule is C=CCCC(C)Nc1cccc(CN(C)C)c1. The lowest BCUT2D eigenvalue weighted by molar-refractivity contribution is 0.402. The summed E-state index contributed by atoms with van der Waals surface area (Å²) in [7, 11) is 4.18. The highest BCUT2D eigenvalue weighted by Crippen LogP contribution is 2.14. The molecule has 0 aromatic heterocycles. The van der Waals surface area contributed by atoms with Crippen molar-refractivity contribution < 1.29 is 0 Å². The van der Waals surface area contributed by atoms with Crippen molar-refractivity contribution in [1.29, 1.82) is 0 Å². The van der Waals surface area contributed by atoms with Gasteiger partial charge in [0.25, 0.3) is 0 Å². The standard InChI is InChI=1S/C15H24N2/c1-5-6-8-13(2)16-15-10-7-9-14(11-15)12-17(3)4/h5,7,9-11,13,16H,1,6,8,12H2,2-4H3. The van der Waals surface area contributed by atoms with Crippen LogP contribution in [0, 0.1) is 0 Å². The lowest BCUT2D eigenvalue weighted by Gasteiger charge is -2.16. The zero-order valence-corrected chi connectivity index (χ0v) is 11.2. The third-order valence-corrected chi connectivity index (χ3v) is 2.64. The topological polar surface area (TPSA) is 15.3 Å². The number of hydrogen-bond donors (Lipinski definition) is 1. The van der Waals surface area contributed by atoms with Gasteiger partial charge in [-0.05, 0) is 51.6 Å². The van der Waals surface area contributed by atoms with Crippen molar-refractivity contribution in [3.8, 4) is 0 Å². The van der Waals surface area contributed by atoms with E-state index in [4.69, 9.17) is 0 Å². The average Bonchev–Trinajstić information content (AvgIpc) is 2.26. The summed E-state index contributed by atoms with van der Waals surface area (Å²) in [5.74, 6) is 0. The van der Waals surface area contributed by atoms with Crippen LogP contribution < -0.4 is 5.32 Å². The van der Waals surface area contributed by atoms with Crippen molar-refractivity contribution in [1.82, 2.24) is 4.90 Å². The van der Waals surface area contributed by atoms with Gasteiger partial charge in [-0.3, -0.25) is 0 Å². The summed E-state index contributed by atoms with van der Waals surface area (Å²) in [5.41, 5.74) is 2.55. The third kappa shape index (κ3) is 5.55. The molecule has 2 nitrogen and oxygen atoms in total. The van der Waals surface area contributed by atoms with Crippen LogP contribution in [-0.4, -0.2) is 25.0 Å². The summed E-state index contributed by atoms with van der Waals surface area (Å²) >= 11 is 0. The molecular formula is C15H24N2. The van der Waals surface area contributed by atoms with Crippen molar-refractivity contribution >= 4 is 5.69 Å². The molecule has 0 radical (unpaired) electrons. The molecule has 0 spiro atoms. The molecule has 0 bridgehead atoms. The Kier molecular flexibility index (Phi) is 5.78. The number of nitrogens with zero attached hydrogens (tertiary/aromatic N) is 1. The maximum absolute atomic E-state index is 3.75. The third-order valence-electron chi connectivity index (χ3n) is 2.64. The first-order valence-corrected chi connectivity index (χ1v) is 6.23. The fourth-order valence-electron chi connectivity index (χ4n) is 1.85. The van der Waals surface area contributed by atoms with Crippen molar-refractivity contribution in [2.24, 2.45) is 0 Å². The van der Waals surface area contributed by atoms with Gasteiger partial charge in [-0.25, -0.2) is 0 Å². The lowest BCUT2D eigenvalue weighted by atomic mass is 10.1. The van der Waals surface area contributed by atoms with E-state index in [1.807, 2.05) is 6.08 Å². The molecule has 0 aliphatic heterocycles. The molecule has 0 aliphatic carbocycles. The monoisotopic (exact) mass is 232 g/mol. The predicted octanol–water partition coefficient (Wildman–Crippen LogP) is 3.51. The number of rotatable bonds is 7. The number of hydrogen-bond acceptors (Lipinski definition) is 2.